The van der Waals surface area contributed by atoms with Gasteiger partial charge in [-0.1, -0.05) is 0 Å². The zero-order valence-electron chi connectivity index (χ0n) is 12.9. The van der Waals surface area contributed by atoms with Gasteiger partial charge in [0.1, 0.15) is 5.54 Å². The highest BCUT2D eigenvalue weighted by Gasteiger charge is 2.32. The minimum absolute atomic E-state index is 0.226. The maximum atomic E-state index is 11.5. The van der Waals surface area contributed by atoms with Crippen molar-refractivity contribution in [3.8, 4) is 0 Å². The molecule has 7 heteroatoms. The summed E-state index contributed by atoms with van der Waals surface area (Å²) >= 11 is 0. The highest BCUT2D eigenvalue weighted by molar-refractivity contribution is 5.80. The number of nitrogens with one attached hydrogen (secondary N) is 1. The van der Waals surface area contributed by atoms with Crippen LogP contribution in [0.4, 0.5) is 0 Å². The number of likely N-dealkylation sites (N-methyl/N-ethyl adjacent to an activating group) is 1. The lowest BCUT2D eigenvalue weighted by molar-refractivity contribution is -0.150. The second-order valence-corrected chi connectivity index (χ2v) is 4.34. The van der Waals surface area contributed by atoms with Gasteiger partial charge in [-0.3, -0.25) is 0 Å². The van der Waals surface area contributed by atoms with Gasteiger partial charge in [0.15, 0.2) is 0 Å². The van der Waals surface area contributed by atoms with Crippen molar-refractivity contribution in [2.24, 2.45) is 0 Å². The number of esters is 1. The third kappa shape index (κ3) is 8.44. The number of methoxy groups -OCH3 is 2. The van der Waals surface area contributed by atoms with Gasteiger partial charge in [-0.15, -0.1) is 0 Å². The van der Waals surface area contributed by atoms with Crippen molar-refractivity contribution in [2.75, 3.05) is 67.5 Å². The predicted molar refractivity (Wildman–Crippen MR) is 73.8 cm³/mol. The number of hydrogen-bond acceptors (Lipinski definition) is 7. The Morgan fingerprint density at radius 2 is 1.45 bits per heavy atom. The Morgan fingerprint density at radius 3 is 1.90 bits per heavy atom. The molecule has 20 heavy (non-hydrogen) atoms. The van der Waals surface area contributed by atoms with Crippen LogP contribution >= 0.6 is 0 Å². The average Bonchev–Trinajstić information content (AvgIpc) is 2.48. The summed E-state index contributed by atoms with van der Waals surface area (Å²) in [4.78, 5) is 11.5. The van der Waals surface area contributed by atoms with E-state index < -0.39 is 5.54 Å². The molecule has 120 valence electrons. The molecule has 0 aromatic heterocycles. The minimum Gasteiger partial charge on any atom is -0.468 e. The highest BCUT2D eigenvalue weighted by Crippen LogP contribution is 2.06. The standard InChI is InChI=1S/C13H27NO6/c1-13(14-2,12(15)17-4)11-20-10-9-19-8-7-18-6-5-16-3/h14H,5-11H2,1-4H3. The Kier molecular flexibility index (Phi) is 11.6. The molecule has 0 saturated carbocycles. The minimum atomic E-state index is -0.835. The number of hydrogen-bond donors (Lipinski definition) is 1. The molecule has 0 bridgehead atoms. The van der Waals surface area contributed by atoms with Crippen molar-refractivity contribution in [3.63, 3.8) is 0 Å². The second-order valence-electron chi connectivity index (χ2n) is 4.34. The first kappa shape index (κ1) is 19.3. The van der Waals surface area contributed by atoms with Gasteiger partial charge in [0, 0.05) is 7.11 Å². The summed E-state index contributed by atoms with van der Waals surface area (Å²) in [7, 11) is 4.67. The molecule has 0 radical (unpaired) electrons. The first-order valence-corrected chi connectivity index (χ1v) is 6.60. The Morgan fingerprint density at radius 1 is 0.950 bits per heavy atom. The molecule has 0 rings (SSSR count). The maximum absolute atomic E-state index is 11.5. The fourth-order valence-electron chi connectivity index (χ4n) is 1.32. The van der Waals surface area contributed by atoms with Crippen molar-refractivity contribution in [2.45, 2.75) is 12.5 Å². The lowest BCUT2D eigenvalue weighted by Gasteiger charge is -2.25. The second kappa shape index (κ2) is 12.0. The molecule has 0 amide bonds. The number of rotatable bonds is 13. The molecule has 0 spiro atoms. The maximum Gasteiger partial charge on any atom is 0.328 e. The Balaban J connectivity index is 3.49. The number of carbonyl (C=O) groups excluding carboxylic acids is 1. The summed E-state index contributed by atoms with van der Waals surface area (Å²) in [6, 6.07) is 0. The summed E-state index contributed by atoms with van der Waals surface area (Å²) in [5.41, 5.74) is -0.835. The van der Waals surface area contributed by atoms with E-state index in [1.54, 1.807) is 21.1 Å². The van der Waals surface area contributed by atoms with E-state index in [0.717, 1.165) is 0 Å². The van der Waals surface area contributed by atoms with Crippen LogP contribution < -0.4 is 5.32 Å². The molecule has 0 aliphatic rings. The van der Waals surface area contributed by atoms with Crippen LogP contribution in [0, 0.1) is 0 Å². The first-order valence-electron chi connectivity index (χ1n) is 6.60. The quantitative estimate of drug-likeness (QED) is 0.373. The van der Waals surface area contributed by atoms with Crippen molar-refractivity contribution in [1.82, 2.24) is 5.32 Å². The molecule has 7 nitrogen and oxygen atoms in total. The van der Waals surface area contributed by atoms with Gasteiger partial charge in [0.2, 0.25) is 0 Å². The average molecular weight is 293 g/mol. The van der Waals surface area contributed by atoms with E-state index in [1.807, 2.05) is 0 Å². The third-order valence-corrected chi connectivity index (χ3v) is 2.75. The molecule has 1 unspecified atom stereocenters. The van der Waals surface area contributed by atoms with Crippen molar-refractivity contribution in [3.05, 3.63) is 0 Å². The molecule has 0 fully saturated rings. The number of ether oxygens (including phenoxy) is 5. The number of carbonyl (C=O) groups is 1. The Hall–Kier alpha value is -0.730. The lowest BCUT2D eigenvalue weighted by atomic mass is 10.1. The van der Waals surface area contributed by atoms with Crippen LogP contribution in [-0.4, -0.2) is 79.0 Å². The van der Waals surface area contributed by atoms with Gasteiger partial charge >= 0.3 is 5.97 Å². The monoisotopic (exact) mass is 293 g/mol. The summed E-state index contributed by atoms with van der Waals surface area (Å²) < 4.78 is 25.5. The van der Waals surface area contributed by atoms with Crippen molar-refractivity contribution >= 4 is 5.97 Å². The third-order valence-electron chi connectivity index (χ3n) is 2.75. The van der Waals surface area contributed by atoms with Crippen LogP contribution in [0.5, 0.6) is 0 Å². The smallest absolute Gasteiger partial charge is 0.328 e. The van der Waals surface area contributed by atoms with E-state index >= 15 is 0 Å². The molecule has 1 N–H and O–H groups in total. The van der Waals surface area contributed by atoms with E-state index in [4.69, 9.17) is 23.7 Å². The molecular formula is C13H27NO6. The fraction of sp³-hybridized carbons (Fsp3) is 0.923. The summed E-state index contributed by atoms with van der Waals surface area (Å²) in [6.07, 6.45) is 0. The zero-order valence-corrected chi connectivity index (χ0v) is 12.9. The van der Waals surface area contributed by atoms with Gasteiger partial charge in [-0.25, -0.2) is 4.79 Å². The SMILES string of the molecule is CNC(C)(COCCOCCOCCOC)C(=O)OC. The normalized spacial score (nSPS) is 14.0. The van der Waals surface area contributed by atoms with Crippen LogP contribution in [0.2, 0.25) is 0 Å². The van der Waals surface area contributed by atoms with Gasteiger partial charge < -0.3 is 29.0 Å². The molecule has 0 heterocycles. The zero-order chi connectivity index (χ0) is 15.3. The van der Waals surface area contributed by atoms with Crippen LogP contribution in [0.1, 0.15) is 6.92 Å². The van der Waals surface area contributed by atoms with E-state index in [0.29, 0.717) is 39.6 Å². The Bertz CT molecular complexity index is 251. The van der Waals surface area contributed by atoms with E-state index in [9.17, 15) is 4.79 Å². The highest BCUT2D eigenvalue weighted by atomic mass is 16.6. The van der Waals surface area contributed by atoms with Crippen molar-refractivity contribution < 1.29 is 28.5 Å². The van der Waals surface area contributed by atoms with E-state index in [-0.39, 0.29) is 12.6 Å². The summed E-state index contributed by atoms with van der Waals surface area (Å²) in [6.45, 7) is 5.00. The van der Waals surface area contributed by atoms with Crippen LogP contribution in [0.15, 0.2) is 0 Å². The van der Waals surface area contributed by atoms with Gasteiger partial charge in [-0.2, -0.15) is 0 Å². The molecule has 0 saturated heterocycles. The van der Waals surface area contributed by atoms with Crippen LogP contribution in [0.25, 0.3) is 0 Å². The molecule has 0 aromatic rings. The van der Waals surface area contributed by atoms with Crippen LogP contribution in [0.3, 0.4) is 0 Å². The largest absolute Gasteiger partial charge is 0.468 e. The lowest BCUT2D eigenvalue weighted by Crippen LogP contribution is -2.52. The van der Waals surface area contributed by atoms with Gasteiger partial charge in [0.05, 0.1) is 53.4 Å². The summed E-state index contributed by atoms with van der Waals surface area (Å²) in [5.74, 6) is -0.354. The fourth-order valence-corrected chi connectivity index (χ4v) is 1.32. The Labute approximate surface area is 120 Å². The van der Waals surface area contributed by atoms with E-state index in [1.165, 1.54) is 7.11 Å². The van der Waals surface area contributed by atoms with Crippen LogP contribution in [-0.2, 0) is 28.5 Å². The molecule has 0 aliphatic carbocycles. The molecule has 0 aromatic carbocycles. The van der Waals surface area contributed by atoms with Crippen molar-refractivity contribution in [1.29, 1.82) is 0 Å². The summed E-state index contributed by atoms with van der Waals surface area (Å²) in [5, 5.41) is 2.89. The predicted octanol–water partition coefficient (Wildman–Crippen LogP) is -0.166. The molecule has 0 aliphatic heterocycles. The topological polar surface area (TPSA) is 75.3 Å². The van der Waals surface area contributed by atoms with Gasteiger partial charge in [-0.05, 0) is 14.0 Å². The molecular weight excluding hydrogens is 266 g/mol. The first-order chi connectivity index (χ1) is 9.60. The van der Waals surface area contributed by atoms with Gasteiger partial charge in [0.25, 0.3) is 0 Å². The van der Waals surface area contributed by atoms with E-state index in [2.05, 4.69) is 5.32 Å². The molecule has 1 atom stereocenters.